The smallest absolute Gasteiger partial charge is 0.343 e. The summed E-state index contributed by atoms with van der Waals surface area (Å²) in [5.74, 6) is -0.200. The fourth-order valence-electron chi connectivity index (χ4n) is 3.28. The van der Waals surface area contributed by atoms with E-state index < -0.39 is 24.5 Å². The van der Waals surface area contributed by atoms with Crippen LogP contribution in [0.15, 0.2) is 48.7 Å². The van der Waals surface area contributed by atoms with Gasteiger partial charge >= 0.3 is 12.0 Å². The Labute approximate surface area is 188 Å². The van der Waals surface area contributed by atoms with Crippen LogP contribution in [0.3, 0.4) is 0 Å². The number of urea groups is 1. The lowest BCUT2D eigenvalue weighted by Crippen LogP contribution is -2.37. The van der Waals surface area contributed by atoms with E-state index in [0.29, 0.717) is 41.3 Å². The predicted octanol–water partition coefficient (Wildman–Crippen LogP) is 2.91. The van der Waals surface area contributed by atoms with Gasteiger partial charge in [-0.1, -0.05) is 6.07 Å². The molecule has 0 atom stereocenters. The summed E-state index contributed by atoms with van der Waals surface area (Å²) in [5, 5.41) is 5.16. The Morgan fingerprint density at radius 1 is 1.06 bits per heavy atom. The van der Waals surface area contributed by atoms with E-state index in [1.165, 1.54) is 7.11 Å². The van der Waals surface area contributed by atoms with Crippen molar-refractivity contribution in [3.05, 3.63) is 54.2 Å². The van der Waals surface area contributed by atoms with E-state index in [4.69, 9.17) is 18.9 Å². The molecule has 0 saturated heterocycles. The minimum Gasteiger partial charge on any atom is -0.496 e. The molecule has 1 aliphatic heterocycles. The molecule has 0 fully saturated rings. The number of fused-ring (bicyclic) bond motifs is 2. The fourth-order valence-corrected chi connectivity index (χ4v) is 3.28. The molecule has 170 valence electrons. The second-order valence-corrected chi connectivity index (χ2v) is 7.00. The summed E-state index contributed by atoms with van der Waals surface area (Å²) in [7, 11) is 1.42. The molecule has 33 heavy (non-hydrogen) atoms. The van der Waals surface area contributed by atoms with E-state index in [1.54, 1.807) is 48.7 Å². The summed E-state index contributed by atoms with van der Waals surface area (Å²) in [5.41, 5.74) is 1.13. The Balaban J connectivity index is 1.35. The van der Waals surface area contributed by atoms with Crippen molar-refractivity contribution < 1.29 is 33.3 Å². The van der Waals surface area contributed by atoms with Crippen LogP contribution in [0, 0.1) is 0 Å². The van der Waals surface area contributed by atoms with Gasteiger partial charge in [0.05, 0.1) is 25.8 Å². The van der Waals surface area contributed by atoms with Crippen LogP contribution in [0.2, 0.25) is 0 Å². The number of ether oxygens (including phenoxy) is 4. The second-order valence-electron chi connectivity index (χ2n) is 7.00. The van der Waals surface area contributed by atoms with Gasteiger partial charge in [-0.2, -0.15) is 0 Å². The number of rotatable bonds is 5. The lowest BCUT2D eigenvalue weighted by molar-refractivity contribution is -0.123. The quantitative estimate of drug-likeness (QED) is 0.568. The van der Waals surface area contributed by atoms with E-state index >= 15 is 0 Å². The number of nitrogens with one attached hydrogen (secondary N) is 2. The SMILES string of the molecule is COc1ccc2ncccc2c1C(=O)OCC(=O)NC(=O)Nc1ccc2c(c1)OCCCO2. The molecule has 0 bridgehead atoms. The molecule has 0 aliphatic carbocycles. The summed E-state index contributed by atoms with van der Waals surface area (Å²) >= 11 is 0. The zero-order valence-electron chi connectivity index (χ0n) is 17.8. The van der Waals surface area contributed by atoms with Gasteiger partial charge in [-0.15, -0.1) is 0 Å². The maximum Gasteiger partial charge on any atom is 0.343 e. The Morgan fingerprint density at radius 2 is 1.88 bits per heavy atom. The van der Waals surface area contributed by atoms with E-state index in [9.17, 15) is 14.4 Å². The largest absolute Gasteiger partial charge is 0.496 e. The minimum absolute atomic E-state index is 0.146. The van der Waals surface area contributed by atoms with Crippen LogP contribution in [-0.4, -0.2) is 49.8 Å². The third kappa shape index (κ3) is 5.12. The molecule has 0 unspecified atom stereocenters. The van der Waals surface area contributed by atoms with Crippen molar-refractivity contribution in [2.45, 2.75) is 6.42 Å². The van der Waals surface area contributed by atoms with Gasteiger partial charge in [-0.25, -0.2) is 9.59 Å². The maximum absolute atomic E-state index is 12.6. The van der Waals surface area contributed by atoms with Crippen molar-refractivity contribution in [3.63, 3.8) is 0 Å². The Kier molecular flexibility index (Phi) is 6.53. The number of hydrogen-bond acceptors (Lipinski definition) is 8. The number of benzene rings is 2. The Morgan fingerprint density at radius 3 is 2.70 bits per heavy atom. The number of methoxy groups -OCH3 is 1. The third-order valence-electron chi connectivity index (χ3n) is 4.76. The van der Waals surface area contributed by atoms with Crippen molar-refractivity contribution in [1.29, 1.82) is 0 Å². The molecule has 10 nitrogen and oxygen atoms in total. The normalized spacial score (nSPS) is 12.4. The van der Waals surface area contributed by atoms with Crippen molar-refractivity contribution in [2.75, 3.05) is 32.2 Å². The predicted molar refractivity (Wildman–Crippen MR) is 118 cm³/mol. The molecule has 3 aromatic rings. The zero-order valence-corrected chi connectivity index (χ0v) is 17.8. The van der Waals surface area contributed by atoms with Gasteiger partial charge in [0, 0.05) is 29.8 Å². The molecule has 4 rings (SSSR count). The fraction of sp³-hybridized carbons (Fsp3) is 0.217. The molecule has 3 amide bonds. The molecule has 2 heterocycles. The molecule has 1 aromatic heterocycles. The average Bonchev–Trinajstić information content (AvgIpc) is 3.06. The molecular weight excluding hydrogens is 430 g/mol. The van der Waals surface area contributed by atoms with Gasteiger partial charge in [-0.05, 0) is 30.3 Å². The summed E-state index contributed by atoms with van der Waals surface area (Å²) in [6.45, 7) is 0.395. The topological polar surface area (TPSA) is 125 Å². The number of carbonyl (C=O) groups excluding carboxylic acids is 3. The van der Waals surface area contributed by atoms with Gasteiger partial charge < -0.3 is 24.3 Å². The molecule has 1 aliphatic rings. The van der Waals surface area contributed by atoms with Crippen molar-refractivity contribution in [1.82, 2.24) is 10.3 Å². The first-order valence-electron chi connectivity index (χ1n) is 10.1. The summed E-state index contributed by atoms with van der Waals surface area (Å²) in [6.07, 6.45) is 2.35. The van der Waals surface area contributed by atoms with Gasteiger partial charge in [0.25, 0.3) is 5.91 Å². The van der Waals surface area contributed by atoms with Crippen molar-refractivity contribution in [3.8, 4) is 17.2 Å². The minimum atomic E-state index is -0.799. The Bertz CT molecular complexity index is 1210. The van der Waals surface area contributed by atoms with Crippen LogP contribution < -0.4 is 24.8 Å². The van der Waals surface area contributed by atoms with E-state index in [0.717, 1.165) is 6.42 Å². The van der Waals surface area contributed by atoms with E-state index in [1.807, 2.05) is 0 Å². The first kappa shape index (κ1) is 21.9. The highest BCUT2D eigenvalue weighted by molar-refractivity contribution is 6.07. The first-order chi connectivity index (χ1) is 16.0. The molecular formula is C23H21N3O7. The zero-order chi connectivity index (χ0) is 23.2. The number of amides is 3. The van der Waals surface area contributed by atoms with Crippen LogP contribution in [-0.2, 0) is 9.53 Å². The summed E-state index contributed by atoms with van der Waals surface area (Å²) < 4.78 is 21.5. The number of esters is 1. The number of anilines is 1. The highest BCUT2D eigenvalue weighted by Crippen LogP contribution is 2.32. The number of pyridine rings is 1. The number of nitrogens with zero attached hydrogens (tertiary/aromatic N) is 1. The maximum atomic E-state index is 12.6. The van der Waals surface area contributed by atoms with Crippen LogP contribution in [0.5, 0.6) is 17.2 Å². The molecule has 10 heteroatoms. The molecule has 2 aromatic carbocycles. The standard InChI is InChI=1S/C23H21N3O7/c1-30-18-8-6-16-15(4-2-9-24-16)21(18)22(28)33-13-20(27)26-23(29)25-14-5-7-17-19(12-14)32-11-3-10-31-17/h2,4-9,12H,3,10-11,13H2,1H3,(H2,25,26,27,29). The highest BCUT2D eigenvalue weighted by atomic mass is 16.5. The average molecular weight is 451 g/mol. The molecule has 0 radical (unpaired) electrons. The van der Waals surface area contributed by atoms with Crippen LogP contribution in [0.25, 0.3) is 10.9 Å². The van der Waals surface area contributed by atoms with Crippen molar-refractivity contribution in [2.24, 2.45) is 0 Å². The number of aromatic nitrogens is 1. The first-order valence-corrected chi connectivity index (χ1v) is 10.1. The van der Waals surface area contributed by atoms with Gasteiger partial charge in [-0.3, -0.25) is 15.1 Å². The van der Waals surface area contributed by atoms with Crippen LogP contribution >= 0.6 is 0 Å². The number of hydrogen-bond donors (Lipinski definition) is 2. The van der Waals surface area contributed by atoms with E-state index in [-0.39, 0.29) is 11.3 Å². The van der Waals surface area contributed by atoms with Crippen molar-refractivity contribution >= 4 is 34.5 Å². The lowest BCUT2D eigenvalue weighted by atomic mass is 10.1. The molecule has 0 saturated carbocycles. The van der Waals surface area contributed by atoms with E-state index in [2.05, 4.69) is 15.6 Å². The number of carbonyl (C=O) groups is 3. The van der Waals surface area contributed by atoms with Gasteiger partial charge in [0.15, 0.2) is 18.1 Å². The number of imide groups is 1. The highest BCUT2D eigenvalue weighted by Gasteiger charge is 2.20. The van der Waals surface area contributed by atoms with Crippen LogP contribution in [0.1, 0.15) is 16.8 Å². The van der Waals surface area contributed by atoms with Gasteiger partial charge in [0.2, 0.25) is 0 Å². The van der Waals surface area contributed by atoms with Crippen LogP contribution in [0.4, 0.5) is 10.5 Å². The summed E-state index contributed by atoms with van der Waals surface area (Å²) in [6, 6.07) is 10.8. The molecule has 0 spiro atoms. The van der Waals surface area contributed by atoms with Gasteiger partial charge in [0.1, 0.15) is 11.3 Å². The summed E-state index contributed by atoms with van der Waals surface area (Å²) in [4.78, 5) is 41.1. The Hall–Kier alpha value is -4.34. The molecule has 2 N–H and O–H groups in total. The second kappa shape index (κ2) is 9.86. The third-order valence-corrected chi connectivity index (χ3v) is 4.76. The lowest BCUT2D eigenvalue weighted by Gasteiger charge is -2.12. The monoisotopic (exact) mass is 451 g/mol.